The highest BCUT2D eigenvalue weighted by atomic mass is 79.9. The molecule has 0 aromatic heterocycles. The van der Waals surface area contributed by atoms with Gasteiger partial charge in [-0.1, -0.05) is 28.1 Å². The number of hydrogen-bond donors (Lipinski definition) is 1. The molecule has 4 heteroatoms. The highest BCUT2D eigenvalue weighted by Crippen LogP contribution is 2.10. The Labute approximate surface area is 111 Å². The van der Waals surface area contributed by atoms with Crippen molar-refractivity contribution in [3.63, 3.8) is 0 Å². The Morgan fingerprint density at radius 1 is 1.35 bits per heavy atom. The van der Waals surface area contributed by atoms with Gasteiger partial charge in [0.1, 0.15) is 0 Å². The zero-order valence-electron chi connectivity index (χ0n) is 10.0. The van der Waals surface area contributed by atoms with E-state index in [4.69, 9.17) is 4.74 Å². The van der Waals surface area contributed by atoms with Crippen LogP contribution in [-0.2, 0) is 16.1 Å². The summed E-state index contributed by atoms with van der Waals surface area (Å²) in [5, 5.41) is 3.30. The minimum Gasteiger partial charge on any atom is -0.466 e. The molecule has 0 aliphatic rings. The van der Waals surface area contributed by atoms with Gasteiger partial charge in [0.05, 0.1) is 6.61 Å². The number of esters is 1. The molecule has 0 saturated carbocycles. The smallest absolute Gasteiger partial charge is 0.305 e. The molecule has 1 aromatic rings. The van der Waals surface area contributed by atoms with Crippen molar-refractivity contribution in [1.29, 1.82) is 0 Å². The molecular formula is C13H18BrNO2. The monoisotopic (exact) mass is 299 g/mol. The van der Waals surface area contributed by atoms with Crippen molar-refractivity contribution in [3.8, 4) is 0 Å². The summed E-state index contributed by atoms with van der Waals surface area (Å²) >= 11 is 3.40. The summed E-state index contributed by atoms with van der Waals surface area (Å²) in [6.45, 7) is 3.94. The second-order valence-electron chi connectivity index (χ2n) is 3.71. The van der Waals surface area contributed by atoms with E-state index in [1.165, 1.54) is 5.56 Å². The van der Waals surface area contributed by atoms with Crippen LogP contribution in [0.2, 0.25) is 0 Å². The molecule has 0 fully saturated rings. The topological polar surface area (TPSA) is 38.3 Å². The standard InChI is InChI=1S/C13H18BrNO2/c1-2-17-13(16)4-3-9-15-10-11-5-7-12(14)8-6-11/h5-8,15H,2-4,9-10H2,1H3. The maximum Gasteiger partial charge on any atom is 0.305 e. The lowest BCUT2D eigenvalue weighted by Gasteiger charge is -2.05. The number of halogens is 1. The average Bonchev–Trinajstić information content (AvgIpc) is 2.31. The third-order valence-electron chi connectivity index (χ3n) is 2.28. The molecule has 0 amide bonds. The van der Waals surface area contributed by atoms with E-state index in [0.29, 0.717) is 13.0 Å². The number of rotatable bonds is 7. The number of carbonyl (C=O) groups is 1. The minimum absolute atomic E-state index is 0.113. The van der Waals surface area contributed by atoms with Crippen LogP contribution in [0.1, 0.15) is 25.3 Å². The SMILES string of the molecule is CCOC(=O)CCCNCc1ccc(Br)cc1. The summed E-state index contributed by atoms with van der Waals surface area (Å²) in [6, 6.07) is 8.19. The molecule has 94 valence electrons. The summed E-state index contributed by atoms with van der Waals surface area (Å²) < 4.78 is 5.93. The van der Waals surface area contributed by atoms with E-state index in [1.54, 1.807) is 0 Å². The van der Waals surface area contributed by atoms with Crippen molar-refractivity contribution in [1.82, 2.24) is 5.32 Å². The van der Waals surface area contributed by atoms with E-state index < -0.39 is 0 Å². The van der Waals surface area contributed by atoms with Gasteiger partial charge in [0.2, 0.25) is 0 Å². The molecule has 0 heterocycles. The Bertz CT molecular complexity index is 338. The van der Waals surface area contributed by atoms with Crippen molar-refractivity contribution in [2.75, 3.05) is 13.2 Å². The van der Waals surface area contributed by atoms with E-state index >= 15 is 0 Å². The van der Waals surface area contributed by atoms with Gasteiger partial charge in [-0.2, -0.15) is 0 Å². The van der Waals surface area contributed by atoms with Crippen molar-refractivity contribution >= 4 is 21.9 Å². The van der Waals surface area contributed by atoms with Crippen LogP contribution in [-0.4, -0.2) is 19.1 Å². The molecule has 1 rings (SSSR count). The molecule has 0 atom stereocenters. The fourth-order valence-corrected chi connectivity index (χ4v) is 1.69. The van der Waals surface area contributed by atoms with Crippen LogP contribution >= 0.6 is 15.9 Å². The lowest BCUT2D eigenvalue weighted by Crippen LogP contribution is -2.16. The number of benzene rings is 1. The quantitative estimate of drug-likeness (QED) is 0.621. The van der Waals surface area contributed by atoms with Crippen molar-refractivity contribution in [2.24, 2.45) is 0 Å². The highest BCUT2D eigenvalue weighted by Gasteiger charge is 2.00. The van der Waals surface area contributed by atoms with Crippen LogP contribution in [0.25, 0.3) is 0 Å². The Morgan fingerprint density at radius 2 is 2.06 bits per heavy atom. The van der Waals surface area contributed by atoms with Gasteiger partial charge in [-0.25, -0.2) is 0 Å². The Kier molecular flexibility index (Phi) is 6.89. The van der Waals surface area contributed by atoms with Crippen LogP contribution in [0.15, 0.2) is 28.7 Å². The first-order valence-corrected chi connectivity index (χ1v) is 6.62. The summed E-state index contributed by atoms with van der Waals surface area (Å²) in [5.74, 6) is -0.113. The maximum absolute atomic E-state index is 11.1. The first kappa shape index (κ1) is 14.2. The highest BCUT2D eigenvalue weighted by molar-refractivity contribution is 9.10. The second-order valence-corrected chi connectivity index (χ2v) is 4.63. The first-order chi connectivity index (χ1) is 8.22. The number of nitrogens with one attached hydrogen (secondary N) is 1. The molecule has 0 spiro atoms. The van der Waals surface area contributed by atoms with E-state index in [2.05, 4.69) is 33.4 Å². The van der Waals surface area contributed by atoms with Gasteiger partial charge in [0, 0.05) is 17.4 Å². The summed E-state index contributed by atoms with van der Waals surface area (Å²) in [7, 11) is 0. The third kappa shape index (κ3) is 6.44. The van der Waals surface area contributed by atoms with Gasteiger partial charge in [-0.3, -0.25) is 4.79 Å². The van der Waals surface area contributed by atoms with Crippen LogP contribution in [0.3, 0.4) is 0 Å². The summed E-state index contributed by atoms with van der Waals surface area (Å²) in [4.78, 5) is 11.1. The Morgan fingerprint density at radius 3 is 2.71 bits per heavy atom. The van der Waals surface area contributed by atoms with Gasteiger partial charge >= 0.3 is 5.97 Å². The largest absolute Gasteiger partial charge is 0.466 e. The van der Waals surface area contributed by atoms with Gasteiger partial charge in [-0.05, 0) is 37.6 Å². The van der Waals surface area contributed by atoms with Gasteiger partial charge in [-0.15, -0.1) is 0 Å². The molecular weight excluding hydrogens is 282 g/mol. The predicted octanol–water partition coefficient (Wildman–Crippen LogP) is 2.88. The number of ether oxygens (including phenoxy) is 1. The van der Waals surface area contributed by atoms with Gasteiger partial charge < -0.3 is 10.1 Å². The normalized spacial score (nSPS) is 10.2. The Balaban J connectivity index is 2.08. The van der Waals surface area contributed by atoms with E-state index in [1.807, 2.05) is 19.1 Å². The van der Waals surface area contributed by atoms with E-state index in [-0.39, 0.29) is 5.97 Å². The number of carbonyl (C=O) groups excluding carboxylic acids is 1. The average molecular weight is 300 g/mol. The van der Waals surface area contributed by atoms with Crippen LogP contribution < -0.4 is 5.32 Å². The molecule has 0 unspecified atom stereocenters. The van der Waals surface area contributed by atoms with Gasteiger partial charge in [0.25, 0.3) is 0 Å². The zero-order valence-corrected chi connectivity index (χ0v) is 11.6. The fourth-order valence-electron chi connectivity index (χ4n) is 1.43. The fraction of sp³-hybridized carbons (Fsp3) is 0.462. The van der Waals surface area contributed by atoms with E-state index in [0.717, 1.165) is 24.0 Å². The molecule has 0 aliphatic carbocycles. The second kappa shape index (κ2) is 8.25. The molecule has 3 nitrogen and oxygen atoms in total. The zero-order chi connectivity index (χ0) is 12.5. The summed E-state index contributed by atoms with van der Waals surface area (Å²) in [6.07, 6.45) is 1.30. The number of hydrogen-bond acceptors (Lipinski definition) is 3. The van der Waals surface area contributed by atoms with E-state index in [9.17, 15) is 4.79 Å². The minimum atomic E-state index is -0.113. The van der Waals surface area contributed by atoms with Crippen LogP contribution in [0.4, 0.5) is 0 Å². The van der Waals surface area contributed by atoms with Crippen LogP contribution in [0, 0.1) is 0 Å². The summed E-state index contributed by atoms with van der Waals surface area (Å²) in [5.41, 5.74) is 1.24. The Hall–Kier alpha value is -0.870. The first-order valence-electron chi connectivity index (χ1n) is 5.83. The molecule has 1 N–H and O–H groups in total. The maximum atomic E-state index is 11.1. The van der Waals surface area contributed by atoms with Crippen LogP contribution in [0.5, 0.6) is 0 Å². The molecule has 0 radical (unpaired) electrons. The molecule has 0 saturated heterocycles. The molecule has 0 bridgehead atoms. The third-order valence-corrected chi connectivity index (χ3v) is 2.81. The lowest BCUT2D eigenvalue weighted by atomic mass is 10.2. The van der Waals surface area contributed by atoms with Crippen molar-refractivity contribution < 1.29 is 9.53 Å². The van der Waals surface area contributed by atoms with Gasteiger partial charge in [0.15, 0.2) is 0 Å². The molecule has 0 aliphatic heterocycles. The molecule has 1 aromatic carbocycles. The van der Waals surface area contributed by atoms with Crippen molar-refractivity contribution in [2.45, 2.75) is 26.3 Å². The molecule has 17 heavy (non-hydrogen) atoms. The predicted molar refractivity (Wildman–Crippen MR) is 71.7 cm³/mol. The van der Waals surface area contributed by atoms with Crippen molar-refractivity contribution in [3.05, 3.63) is 34.3 Å². The lowest BCUT2D eigenvalue weighted by molar-refractivity contribution is -0.143.